The van der Waals surface area contributed by atoms with Gasteiger partial charge < -0.3 is 9.47 Å². The van der Waals surface area contributed by atoms with E-state index in [1.54, 1.807) is 7.11 Å². The number of pyridine rings is 1. The molecule has 0 amide bonds. The number of hydrogen-bond acceptors (Lipinski definition) is 4. The molecule has 25 heavy (non-hydrogen) atoms. The van der Waals surface area contributed by atoms with E-state index in [9.17, 15) is 0 Å². The second-order valence-electron chi connectivity index (χ2n) is 7.45. The Morgan fingerprint density at radius 2 is 2.04 bits per heavy atom. The van der Waals surface area contributed by atoms with Crippen molar-refractivity contribution in [2.24, 2.45) is 5.92 Å². The highest BCUT2D eigenvalue weighted by atomic mass is 16.5. The number of benzene rings is 1. The largest absolute Gasteiger partial charge is 0.385 e. The van der Waals surface area contributed by atoms with Crippen LogP contribution in [0.2, 0.25) is 0 Å². The maximum Gasteiger partial charge on any atom is 0.0736 e. The van der Waals surface area contributed by atoms with Gasteiger partial charge in [0, 0.05) is 45.3 Å². The summed E-state index contributed by atoms with van der Waals surface area (Å²) >= 11 is 0. The molecule has 0 unspecified atom stereocenters. The summed E-state index contributed by atoms with van der Waals surface area (Å²) in [4.78, 5) is 7.35. The summed E-state index contributed by atoms with van der Waals surface area (Å²) in [5.41, 5.74) is 2.36. The molecular formula is C21H28N2O2. The van der Waals surface area contributed by atoms with Gasteiger partial charge in [0.2, 0.25) is 0 Å². The molecule has 4 heteroatoms. The van der Waals surface area contributed by atoms with Crippen molar-refractivity contribution in [1.29, 1.82) is 0 Å². The van der Waals surface area contributed by atoms with E-state index >= 15 is 0 Å². The first kappa shape index (κ1) is 17.0. The van der Waals surface area contributed by atoms with Crippen LogP contribution in [-0.2, 0) is 16.0 Å². The van der Waals surface area contributed by atoms with Crippen LogP contribution in [0.5, 0.6) is 0 Å². The smallest absolute Gasteiger partial charge is 0.0736 e. The number of piperidine rings is 1. The molecule has 0 aliphatic carbocycles. The normalized spacial score (nSPS) is 23.5. The van der Waals surface area contributed by atoms with Gasteiger partial charge >= 0.3 is 0 Å². The molecule has 0 bridgehead atoms. The van der Waals surface area contributed by atoms with Gasteiger partial charge in [-0.3, -0.25) is 9.88 Å². The minimum atomic E-state index is 0.103. The average molecular weight is 340 g/mol. The molecule has 0 saturated carbocycles. The molecule has 2 aliphatic heterocycles. The molecule has 1 aromatic carbocycles. The average Bonchev–Trinajstić information content (AvgIpc) is 3.04. The van der Waals surface area contributed by atoms with Crippen LogP contribution in [-0.4, -0.2) is 48.9 Å². The Morgan fingerprint density at radius 3 is 2.88 bits per heavy atom. The Kier molecular flexibility index (Phi) is 5.02. The second-order valence-corrected chi connectivity index (χ2v) is 7.45. The van der Waals surface area contributed by atoms with Crippen molar-refractivity contribution in [2.75, 3.05) is 33.4 Å². The minimum Gasteiger partial charge on any atom is -0.385 e. The van der Waals surface area contributed by atoms with E-state index in [2.05, 4.69) is 41.3 Å². The molecule has 2 fully saturated rings. The highest BCUT2D eigenvalue weighted by Gasteiger charge is 2.45. The van der Waals surface area contributed by atoms with Crippen molar-refractivity contribution in [3.63, 3.8) is 0 Å². The summed E-state index contributed by atoms with van der Waals surface area (Å²) in [5, 5.41) is 1.21. The zero-order valence-electron chi connectivity index (χ0n) is 15.1. The molecule has 2 aliphatic rings. The molecule has 0 N–H and O–H groups in total. The molecule has 2 aromatic rings. The molecule has 2 saturated heterocycles. The lowest BCUT2D eigenvalue weighted by Gasteiger charge is -2.42. The third-order valence-corrected chi connectivity index (χ3v) is 6.01. The number of rotatable bonds is 5. The van der Waals surface area contributed by atoms with Crippen LogP contribution in [0.1, 0.15) is 31.4 Å². The fraction of sp³-hybridized carbons (Fsp3) is 0.571. The molecule has 3 heterocycles. The lowest BCUT2D eigenvalue weighted by molar-refractivity contribution is -0.0722. The van der Waals surface area contributed by atoms with Crippen LogP contribution in [0.3, 0.4) is 0 Å². The summed E-state index contributed by atoms with van der Waals surface area (Å²) in [5.74, 6) is 0.661. The van der Waals surface area contributed by atoms with Crippen molar-refractivity contribution in [3.05, 3.63) is 42.1 Å². The van der Waals surface area contributed by atoms with Gasteiger partial charge in [0.15, 0.2) is 0 Å². The number of likely N-dealkylation sites (tertiary alicyclic amines) is 1. The first-order valence-electron chi connectivity index (χ1n) is 9.49. The van der Waals surface area contributed by atoms with Crippen molar-refractivity contribution in [1.82, 2.24) is 9.88 Å². The third-order valence-electron chi connectivity index (χ3n) is 6.01. The third kappa shape index (κ3) is 3.57. The Hall–Kier alpha value is -1.49. The fourth-order valence-electron chi connectivity index (χ4n) is 4.52. The predicted molar refractivity (Wildman–Crippen MR) is 99.5 cm³/mol. The summed E-state index contributed by atoms with van der Waals surface area (Å²) in [7, 11) is 1.79. The number of nitrogens with zero attached hydrogens (tertiary/aromatic N) is 2. The summed E-state index contributed by atoms with van der Waals surface area (Å²) < 4.78 is 11.5. The summed E-state index contributed by atoms with van der Waals surface area (Å²) in [6, 6.07) is 12.7. The quantitative estimate of drug-likeness (QED) is 0.832. The number of para-hydroxylation sites is 1. The molecule has 0 radical (unpaired) electrons. The Morgan fingerprint density at radius 1 is 1.20 bits per heavy atom. The van der Waals surface area contributed by atoms with Crippen molar-refractivity contribution in [2.45, 2.75) is 37.8 Å². The molecular weight excluding hydrogens is 312 g/mol. The highest BCUT2D eigenvalue weighted by molar-refractivity contribution is 5.78. The van der Waals surface area contributed by atoms with Crippen LogP contribution in [0.4, 0.5) is 0 Å². The van der Waals surface area contributed by atoms with Gasteiger partial charge in [-0.05, 0) is 43.7 Å². The van der Waals surface area contributed by atoms with Crippen LogP contribution in [0, 0.1) is 5.92 Å². The number of ether oxygens (including phenoxy) is 2. The van der Waals surface area contributed by atoms with Crippen molar-refractivity contribution < 1.29 is 9.47 Å². The van der Waals surface area contributed by atoms with Gasteiger partial charge in [0.05, 0.1) is 16.8 Å². The number of fused-ring (bicyclic) bond motifs is 1. The molecule has 1 atom stereocenters. The lowest BCUT2D eigenvalue weighted by atomic mass is 9.78. The second kappa shape index (κ2) is 7.40. The zero-order valence-corrected chi connectivity index (χ0v) is 15.1. The van der Waals surface area contributed by atoms with Gasteiger partial charge in [-0.25, -0.2) is 0 Å². The van der Waals surface area contributed by atoms with E-state index in [0.29, 0.717) is 5.92 Å². The zero-order chi connectivity index (χ0) is 17.1. The van der Waals surface area contributed by atoms with Crippen LogP contribution in [0.15, 0.2) is 36.4 Å². The van der Waals surface area contributed by atoms with E-state index in [1.807, 2.05) is 0 Å². The van der Waals surface area contributed by atoms with Gasteiger partial charge in [-0.1, -0.05) is 24.3 Å². The van der Waals surface area contributed by atoms with Crippen LogP contribution >= 0.6 is 0 Å². The monoisotopic (exact) mass is 340 g/mol. The maximum absolute atomic E-state index is 6.25. The van der Waals surface area contributed by atoms with Crippen molar-refractivity contribution >= 4 is 10.9 Å². The van der Waals surface area contributed by atoms with Gasteiger partial charge in [-0.15, -0.1) is 0 Å². The van der Waals surface area contributed by atoms with Gasteiger partial charge in [0.1, 0.15) is 0 Å². The first-order chi connectivity index (χ1) is 12.3. The van der Waals surface area contributed by atoms with E-state index in [4.69, 9.17) is 14.5 Å². The van der Waals surface area contributed by atoms with Gasteiger partial charge in [-0.2, -0.15) is 0 Å². The van der Waals surface area contributed by atoms with Crippen molar-refractivity contribution in [3.8, 4) is 0 Å². The summed E-state index contributed by atoms with van der Waals surface area (Å²) in [6.07, 6.45) is 4.59. The number of hydrogen-bond donors (Lipinski definition) is 0. The number of aromatic nitrogens is 1. The van der Waals surface area contributed by atoms with Crippen LogP contribution < -0.4 is 0 Å². The number of methoxy groups -OCH3 is 1. The maximum atomic E-state index is 6.25. The molecule has 134 valence electrons. The van der Waals surface area contributed by atoms with E-state index in [0.717, 1.165) is 63.3 Å². The SMILES string of the molecule is COCC[C@@H]1CCOC12CCN(Cc1ccc3ccccc3n1)CC2. The van der Waals surface area contributed by atoms with Gasteiger partial charge in [0.25, 0.3) is 0 Å². The highest BCUT2D eigenvalue weighted by Crippen LogP contribution is 2.42. The first-order valence-corrected chi connectivity index (χ1v) is 9.49. The Bertz CT molecular complexity index is 710. The minimum absolute atomic E-state index is 0.103. The summed E-state index contributed by atoms with van der Waals surface area (Å²) in [6.45, 7) is 4.89. The fourth-order valence-corrected chi connectivity index (χ4v) is 4.52. The standard InChI is InChI=1S/C21H28N2O2/c1-24-14-8-18-9-15-25-21(18)10-12-23(13-11-21)16-19-7-6-17-4-2-3-5-20(17)22-19/h2-7,18H,8-16H2,1H3/t18-/m1/s1. The topological polar surface area (TPSA) is 34.6 Å². The molecule has 4 nitrogen and oxygen atoms in total. The molecule has 1 spiro atoms. The Balaban J connectivity index is 1.38. The van der Waals surface area contributed by atoms with E-state index in [-0.39, 0.29) is 5.60 Å². The Labute approximate surface area is 150 Å². The molecule has 4 rings (SSSR count). The molecule has 1 aromatic heterocycles. The lowest BCUT2D eigenvalue weighted by Crippen LogP contribution is -2.47. The van der Waals surface area contributed by atoms with Crippen LogP contribution in [0.25, 0.3) is 10.9 Å². The van der Waals surface area contributed by atoms with E-state index < -0.39 is 0 Å². The predicted octanol–water partition coefficient (Wildman–Crippen LogP) is 3.64. The van der Waals surface area contributed by atoms with E-state index in [1.165, 1.54) is 11.8 Å².